The first-order valence-corrected chi connectivity index (χ1v) is 8.72. The summed E-state index contributed by atoms with van der Waals surface area (Å²) in [6.45, 7) is 3.34. The van der Waals surface area contributed by atoms with E-state index in [9.17, 15) is 13.2 Å². The highest BCUT2D eigenvalue weighted by Crippen LogP contribution is 2.47. The molecule has 0 saturated heterocycles. The van der Waals surface area contributed by atoms with E-state index in [1.165, 1.54) is 0 Å². The van der Waals surface area contributed by atoms with Crippen molar-refractivity contribution in [2.24, 2.45) is 5.92 Å². The first kappa shape index (κ1) is 14.3. The minimum Gasteiger partial charge on any atom is -0.469 e. The zero-order valence-corrected chi connectivity index (χ0v) is 13.1. The van der Waals surface area contributed by atoms with Crippen LogP contribution >= 0.6 is 11.3 Å². The van der Waals surface area contributed by atoms with Crippen LogP contribution in [-0.2, 0) is 14.8 Å². The fourth-order valence-electron chi connectivity index (χ4n) is 2.32. The van der Waals surface area contributed by atoms with Crippen molar-refractivity contribution in [3.8, 4) is 0 Å². The maximum absolute atomic E-state index is 12.2. The molecule has 8 heteroatoms. The van der Waals surface area contributed by atoms with E-state index in [1.807, 2.05) is 0 Å². The standard InChI is InChI=1S/C13H14N2O4S2/c1-7-13(20-8(2)14-7)21(17,18)15-12(16)10-6-9(10)11-4-3-5-19-11/h3-5,9-10H,6H2,1-2H3,(H,15,16)/t9-,10+/m1/s1. The highest BCUT2D eigenvalue weighted by molar-refractivity contribution is 7.92. The molecule has 0 unspecified atom stereocenters. The van der Waals surface area contributed by atoms with Crippen LogP contribution in [0.2, 0.25) is 0 Å². The van der Waals surface area contributed by atoms with Crippen molar-refractivity contribution < 1.29 is 17.6 Å². The van der Waals surface area contributed by atoms with Crippen molar-refractivity contribution in [3.05, 3.63) is 34.9 Å². The van der Waals surface area contributed by atoms with E-state index in [0.29, 0.717) is 17.1 Å². The number of sulfonamides is 1. The Morgan fingerprint density at radius 1 is 1.48 bits per heavy atom. The number of aromatic nitrogens is 1. The molecule has 112 valence electrons. The lowest BCUT2D eigenvalue weighted by molar-refractivity contribution is -0.120. The van der Waals surface area contributed by atoms with Crippen molar-refractivity contribution >= 4 is 27.3 Å². The number of thiazole rings is 1. The van der Waals surface area contributed by atoms with Gasteiger partial charge < -0.3 is 4.42 Å². The smallest absolute Gasteiger partial charge is 0.275 e. The second-order valence-corrected chi connectivity index (χ2v) is 8.12. The maximum atomic E-state index is 12.2. The SMILES string of the molecule is Cc1nc(C)c(S(=O)(=O)NC(=O)[C@H]2C[C@H]2c2ccco2)s1. The van der Waals surface area contributed by atoms with Gasteiger partial charge in [0.2, 0.25) is 5.91 Å². The predicted molar refractivity (Wildman–Crippen MR) is 76.5 cm³/mol. The van der Waals surface area contributed by atoms with Crippen LogP contribution in [-0.4, -0.2) is 19.3 Å². The van der Waals surface area contributed by atoms with Crippen molar-refractivity contribution in [2.45, 2.75) is 30.4 Å². The van der Waals surface area contributed by atoms with E-state index < -0.39 is 15.9 Å². The van der Waals surface area contributed by atoms with E-state index in [2.05, 4.69) is 9.71 Å². The number of hydrogen-bond donors (Lipinski definition) is 1. The quantitative estimate of drug-likeness (QED) is 0.927. The number of amides is 1. The maximum Gasteiger partial charge on any atom is 0.275 e. The third-order valence-corrected chi connectivity index (χ3v) is 6.41. The minimum atomic E-state index is -3.84. The normalized spacial score (nSPS) is 21.2. The zero-order chi connectivity index (χ0) is 15.2. The number of nitrogens with zero attached hydrogens (tertiary/aromatic N) is 1. The molecule has 6 nitrogen and oxygen atoms in total. The summed E-state index contributed by atoms with van der Waals surface area (Å²) in [5.74, 6) is -0.140. The summed E-state index contributed by atoms with van der Waals surface area (Å²) in [6, 6.07) is 3.55. The Bertz CT molecular complexity index is 777. The molecule has 2 heterocycles. The van der Waals surface area contributed by atoms with Crippen LogP contribution in [0.4, 0.5) is 0 Å². The molecular weight excluding hydrogens is 312 g/mol. The van der Waals surface area contributed by atoms with Crippen molar-refractivity contribution in [1.29, 1.82) is 0 Å². The van der Waals surface area contributed by atoms with Crippen LogP contribution < -0.4 is 4.72 Å². The molecule has 1 aliphatic rings. The van der Waals surface area contributed by atoms with Crippen LogP contribution in [0, 0.1) is 19.8 Å². The van der Waals surface area contributed by atoms with Gasteiger partial charge in [-0.15, -0.1) is 11.3 Å². The van der Waals surface area contributed by atoms with E-state index in [-0.39, 0.29) is 16.0 Å². The summed E-state index contributed by atoms with van der Waals surface area (Å²) in [5.41, 5.74) is 0.413. The van der Waals surface area contributed by atoms with Gasteiger partial charge in [0.15, 0.2) is 4.21 Å². The third kappa shape index (κ3) is 2.73. The van der Waals surface area contributed by atoms with Gasteiger partial charge in [-0.1, -0.05) is 0 Å². The highest BCUT2D eigenvalue weighted by atomic mass is 32.2. The Balaban J connectivity index is 1.72. The molecule has 0 aliphatic heterocycles. The molecular formula is C13H14N2O4S2. The van der Waals surface area contributed by atoms with E-state index in [1.54, 1.807) is 32.2 Å². The molecule has 2 aromatic heterocycles. The second kappa shape index (κ2) is 4.96. The molecule has 0 aromatic carbocycles. The van der Waals surface area contributed by atoms with Crippen molar-refractivity contribution in [3.63, 3.8) is 0 Å². The number of furan rings is 1. The molecule has 0 bridgehead atoms. The molecule has 0 radical (unpaired) electrons. The summed E-state index contributed by atoms with van der Waals surface area (Å²) in [7, 11) is -3.84. The van der Waals surface area contributed by atoms with Crippen LogP contribution in [0.3, 0.4) is 0 Å². The van der Waals surface area contributed by atoms with Gasteiger partial charge in [-0.2, -0.15) is 0 Å². The average Bonchev–Trinajstić information content (AvgIpc) is 2.84. The Hall–Kier alpha value is -1.67. The lowest BCUT2D eigenvalue weighted by atomic mass is 10.2. The van der Waals surface area contributed by atoms with Gasteiger partial charge in [0.1, 0.15) is 5.76 Å². The topological polar surface area (TPSA) is 89.3 Å². The molecule has 1 saturated carbocycles. The summed E-state index contributed by atoms with van der Waals surface area (Å²) >= 11 is 1.06. The molecule has 1 amide bonds. The molecule has 1 aliphatic carbocycles. The van der Waals surface area contributed by atoms with Gasteiger partial charge >= 0.3 is 0 Å². The number of hydrogen-bond acceptors (Lipinski definition) is 6. The number of rotatable bonds is 4. The van der Waals surface area contributed by atoms with Crippen LogP contribution in [0.5, 0.6) is 0 Å². The summed E-state index contributed by atoms with van der Waals surface area (Å²) in [4.78, 5) is 16.1. The van der Waals surface area contributed by atoms with Gasteiger partial charge in [-0.05, 0) is 32.4 Å². The molecule has 1 N–H and O–H groups in total. The van der Waals surface area contributed by atoms with E-state index in [4.69, 9.17) is 4.42 Å². The molecule has 2 atom stereocenters. The number of nitrogens with one attached hydrogen (secondary N) is 1. The lowest BCUT2D eigenvalue weighted by Crippen LogP contribution is -2.32. The van der Waals surface area contributed by atoms with Crippen LogP contribution in [0.25, 0.3) is 0 Å². The fourth-order valence-corrected chi connectivity index (χ4v) is 4.83. The summed E-state index contributed by atoms with van der Waals surface area (Å²) in [5, 5.41) is 0.653. The van der Waals surface area contributed by atoms with Gasteiger partial charge in [-0.3, -0.25) is 4.79 Å². The molecule has 1 fully saturated rings. The molecule has 3 rings (SSSR count). The summed E-state index contributed by atoms with van der Waals surface area (Å²) in [6.07, 6.45) is 2.15. The Kier molecular flexibility index (Phi) is 3.37. The monoisotopic (exact) mass is 326 g/mol. The lowest BCUT2D eigenvalue weighted by Gasteiger charge is -2.04. The van der Waals surface area contributed by atoms with Crippen molar-refractivity contribution in [2.75, 3.05) is 0 Å². The molecule has 0 spiro atoms. The number of aryl methyl sites for hydroxylation is 2. The van der Waals surface area contributed by atoms with Gasteiger partial charge in [0.25, 0.3) is 10.0 Å². The second-order valence-electron chi connectivity index (χ2n) is 5.04. The Morgan fingerprint density at radius 2 is 2.24 bits per heavy atom. The van der Waals surface area contributed by atoms with Crippen LogP contribution in [0.15, 0.2) is 27.0 Å². The first-order chi connectivity index (χ1) is 9.88. The van der Waals surface area contributed by atoms with Gasteiger partial charge in [0, 0.05) is 11.8 Å². The molecule has 2 aromatic rings. The highest BCUT2D eigenvalue weighted by Gasteiger charge is 2.47. The first-order valence-electron chi connectivity index (χ1n) is 6.42. The average molecular weight is 326 g/mol. The van der Waals surface area contributed by atoms with E-state index >= 15 is 0 Å². The van der Waals surface area contributed by atoms with Crippen LogP contribution in [0.1, 0.15) is 28.8 Å². The van der Waals surface area contributed by atoms with E-state index in [0.717, 1.165) is 17.1 Å². The Labute approximate surface area is 126 Å². The number of carbonyl (C=O) groups is 1. The third-order valence-electron chi connectivity index (χ3n) is 3.38. The molecule has 21 heavy (non-hydrogen) atoms. The fraction of sp³-hybridized carbons (Fsp3) is 0.385. The number of carbonyl (C=O) groups excluding carboxylic acids is 1. The Morgan fingerprint density at radius 3 is 2.81 bits per heavy atom. The van der Waals surface area contributed by atoms with Gasteiger partial charge in [0.05, 0.1) is 17.0 Å². The predicted octanol–water partition coefficient (Wildman–Crippen LogP) is 1.96. The van der Waals surface area contributed by atoms with Gasteiger partial charge in [-0.25, -0.2) is 18.1 Å². The van der Waals surface area contributed by atoms with Crippen molar-refractivity contribution in [1.82, 2.24) is 9.71 Å². The zero-order valence-electron chi connectivity index (χ0n) is 11.5. The largest absolute Gasteiger partial charge is 0.469 e. The summed E-state index contributed by atoms with van der Waals surface area (Å²) < 4.78 is 31.9. The minimum absolute atomic E-state index is 0.0282.